The van der Waals surface area contributed by atoms with Crippen molar-refractivity contribution in [1.82, 2.24) is 0 Å². The molecule has 1 atom stereocenters. The minimum absolute atomic E-state index is 0.307. The Kier molecular flexibility index (Phi) is 2.50. The lowest BCUT2D eigenvalue weighted by atomic mass is 10.0. The molecule has 1 aliphatic heterocycles. The molecule has 1 aromatic carbocycles. The quantitative estimate of drug-likeness (QED) is 0.647. The summed E-state index contributed by atoms with van der Waals surface area (Å²) in [5, 5.41) is 10.9. The number of hydrogen-bond donors (Lipinski definition) is 2. The molecule has 0 spiro atoms. The summed E-state index contributed by atoms with van der Waals surface area (Å²) in [7, 11) is 0. The van der Waals surface area contributed by atoms with Crippen molar-refractivity contribution < 1.29 is 15.2 Å². The minimum Gasteiger partial charge on any atom is -0.477 e. The molecule has 3 N–H and O–H groups in total. The van der Waals surface area contributed by atoms with Gasteiger partial charge in [-0.1, -0.05) is 24.3 Å². The number of benzene rings is 1. The van der Waals surface area contributed by atoms with Gasteiger partial charge in [0, 0.05) is 12.8 Å². The molecule has 1 aliphatic rings. The van der Waals surface area contributed by atoms with E-state index in [2.05, 4.69) is 6.07 Å². The zero-order valence-corrected chi connectivity index (χ0v) is 7.94. The smallest absolute Gasteiger partial charge is 0.362 e. The fraction of sp³-hybridized carbons (Fsp3) is 0.364. The van der Waals surface area contributed by atoms with E-state index >= 15 is 0 Å². The minimum atomic E-state index is -0.707. The standard InChI is InChI=1S/C11H13NO2/c13-11(14)10-7-9-4-2-1-3-8(9)5-6-12-10/h1-4,10,12H,5-7H2,(H,13,14)/p+1. The monoisotopic (exact) mass is 192 g/mol. The number of carboxylic acid groups (broad SMARTS) is 1. The van der Waals surface area contributed by atoms with Crippen LogP contribution in [0.15, 0.2) is 24.3 Å². The Labute approximate surface area is 82.8 Å². The first-order chi connectivity index (χ1) is 6.77. The van der Waals surface area contributed by atoms with Crippen LogP contribution in [0.2, 0.25) is 0 Å². The van der Waals surface area contributed by atoms with Crippen molar-refractivity contribution >= 4 is 5.97 Å². The van der Waals surface area contributed by atoms with Crippen LogP contribution in [0.25, 0.3) is 0 Å². The van der Waals surface area contributed by atoms with Gasteiger partial charge in [-0.3, -0.25) is 0 Å². The summed E-state index contributed by atoms with van der Waals surface area (Å²) in [5.41, 5.74) is 2.49. The molecule has 0 aromatic heterocycles. The van der Waals surface area contributed by atoms with Crippen LogP contribution in [-0.4, -0.2) is 23.7 Å². The lowest BCUT2D eigenvalue weighted by molar-refractivity contribution is -0.676. The number of fused-ring (bicyclic) bond motifs is 1. The summed E-state index contributed by atoms with van der Waals surface area (Å²) < 4.78 is 0. The highest BCUT2D eigenvalue weighted by Gasteiger charge is 2.24. The van der Waals surface area contributed by atoms with Gasteiger partial charge in [-0.05, 0) is 11.1 Å². The molecule has 1 heterocycles. The number of carbonyl (C=O) groups is 1. The molecule has 0 aliphatic carbocycles. The normalized spacial score (nSPS) is 21.0. The summed E-state index contributed by atoms with van der Waals surface area (Å²) in [6.07, 6.45) is 1.62. The lowest BCUT2D eigenvalue weighted by Gasteiger charge is -2.07. The first-order valence-corrected chi connectivity index (χ1v) is 4.90. The SMILES string of the molecule is O=C(O)C1Cc2ccccc2CC[NH2+]1. The van der Waals surface area contributed by atoms with Gasteiger partial charge in [0.05, 0.1) is 6.54 Å². The highest BCUT2D eigenvalue weighted by Crippen LogP contribution is 2.12. The van der Waals surface area contributed by atoms with E-state index in [1.807, 2.05) is 23.5 Å². The third-order valence-corrected chi connectivity index (χ3v) is 2.74. The first-order valence-electron chi connectivity index (χ1n) is 4.90. The maximum Gasteiger partial charge on any atom is 0.362 e. The summed E-state index contributed by atoms with van der Waals surface area (Å²) in [4.78, 5) is 10.9. The Hall–Kier alpha value is -1.35. The second-order valence-electron chi connectivity index (χ2n) is 3.69. The van der Waals surface area contributed by atoms with Crippen LogP contribution in [0.5, 0.6) is 0 Å². The molecule has 0 amide bonds. The van der Waals surface area contributed by atoms with Crippen molar-refractivity contribution in [2.75, 3.05) is 6.54 Å². The molecule has 0 fully saturated rings. The zero-order chi connectivity index (χ0) is 9.97. The maximum absolute atomic E-state index is 10.9. The first kappa shape index (κ1) is 9.21. The Morgan fingerprint density at radius 1 is 1.36 bits per heavy atom. The molecule has 2 rings (SSSR count). The highest BCUT2D eigenvalue weighted by atomic mass is 16.4. The third kappa shape index (κ3) is 1.77. The second-order valence-corrected chi connectivity index (χ2v) is 3.69. The van der Waals surface area contributed by atoms with Gasteiger partial charge in [0.15, 0.2) is 6.04 Å². The van der Waals surface area contributed by atoms with Gasteiger partial charge in [0.25, 0.3) is 0 Å². The molecular weight excluding hydrogens is 178 g/mol. The van der Waals surface area contributed by atoms with Crippen molar-refractivity contribution in [3.05, 3.63) is 35.4 Å². The Bertz CT molecular complexity index is 349. The van der Waals surface area contributed by atoms with Crippen LogP contribution in [0, 0.1) is 0 Å². The predicted molar refractivity (Wildman–Crippen MR) is 52.1 cm³/mol. The van der Waals surface area contributed by atoms with E-state index in [9.17, 15) is 4.79 Å². The number of rotatable bonds is 1. The van der Waals surface area contributed by atoms with Crippen molar-refractivity contribution in [2.24, 2.45) is 0 Å². The molecule has 74 valence electrons. The number of hydrogen-bond acceptors (Lipinski definition) is 1. The maximum atomic E-state index is 10.9. The highest BCUT2D eigenvalue weighted by molar-refractivity contribution is 5.72. The van der Waals surface area contributed by atoms with Crippen molar-refractivity contribution in [2.45, 2.75) is 18.9 Å². The topological polar surface area (TPSA) is 53.9 Å². The van der Waals surface area contributed by atoms with Crippen LogP contribution in [-0.2, 0) is 17.6 Å². The van der Waals surface area contributed by atoms with E-state index in [4.69, 9.17) is 5.11 Å². The summed E-state index contributed by atoms with van der Waals surface area (Å²) in [6, 6.07) is 7.81. The lowest BCUT2D eigenvalue weighted by Crippen LogP contribution is -2.92. The second kappa shape index (κ2) is 3.80. The van der Waals surface area contributed by atoms with Crippen LogP contribution in [0.4, 0.5) is 0 Å². The van der Waals surface area contributed by atoms with Crippen molar-refractivity contribution in [1.29, 1.82) is 0 Å². The van der Waals surface area contributed by atoms with E-state index < -0.39 is 5.97 Å². The molecule has 1 unspecified atom stereocenters. The van der Waals surface area contributed by atoms with Gasteiger partial charge in [0.1, 0.15) is 0 Å². The molecule has 0 radical (unpaired) electrons. The molecule has 0 saturated heterocycles. The molecule has 14 heavy (non-hydrogen) atoms. The molecule has 3 nitrogen and oxygen atoms in total. The summed E-state index contributed by atoms with van der Waals surface area (Å²) >= 11 is 0. The Morgan fingerprint density at radius 2 is 2.07 bits per heavy atom. The summed E-state index contributed by atoms with van der Waals surface area (Å²) in [5.74, 6) is -0.707. The van der Waals surface area contributed by atoms with Gasteiger partial charge >= 0.3 is 5.97 Å². The van der Waals surface area contributed by atoms with Gasteiger partial charge in [-0.15, -0.1) is 0 Å². The third-order valence-electron chi connectivity index (χ3n) is 2.74. The molecule has 3 heteroatoms. The van der Waals surface area contributed by atoms with Crippen molar-refractivity contribution in [3.63, 3.8) is 0 Å². The molecule has 1 aromatic rings. The van der Waals surface area contributed by atoms with E-state index in [0.29, 0.717) is 6.42 Å². The molecular formula is C11H14NO2+. The van der Waals surface area contributed by atoms with Gasteiger partial charge in [-0.2, -0.15) is 0 Å². The van der Waals surface area contributed by atoms with Crippen LogP contribution < -0.4 is 5.32 Å². The van der Waals surface area contributed by atoms with Crippen LogP contribution in [0.1, 0.15) is 11.1 Å². The fourth-order valence-corrected chi connectivity index (χ4v) is 1.95. The zero-order valence-electron chi connectivity index (χ0n) is 7.94. The van der Waals surface area contributed by atoms with Gasteiger partial charge in [0.2, 0.25) is 0 Å². The number of carboxylic acids is 1. The van der Waals surface area contributed by atoms with E-state index in [-0.39, 0.29) is 6.04 Å². The van der Waals surface area contributed by atoms with E-state index in [0.717, 1.165) is 13.0 Å². The van der Waals surface area contributed by atoms with E-state index in [1.54, 1.807) is 0 Å². The molecule has 0 bridgehead atoms. The largest absolute Gasteiger partial charge is 0.477 e. The fourth-order valence-electron chi connectivity index (χ4n) is 1.95. The van der Waals surface area contributed by atoms with Gasteiger partial charge in [-0.25, -0.2) is 4.79 Å². The van der Waals surface area contributed by atoms with Gasteiger partial charge < -0.3 is 10.4 Å². The number of nitrogens with two attached hydrogens (primary N) is 1. The van der Waals surface area contributed by atoms with E-state index in [1.165, 1.54) is 11.1 Å². The predicted octanol–water partition coefficient (Wildman–Crippen LogP) is -0.198. The average Bonchev–Trinajstić information content (AvgIpc) is 2.39. The summed E-state index contributed by atoms with van der Waals surface area (Å²) in [6.45, 7) is 0.869. The average molecular weight is 192 g/mol. The van der Waals surface area contributed by atoms with Crippen molar-refractivity contribution in [3.8, 4) is 0 Å². The number of aliphatic carboxylic acids is 1. The van der Waals surface area contributed by atoms with Crippen LogP contribution in [0.3, 0.4) is 0 Å². The van der Waals surface area contributed by atoms with Crippen LogP contribution >= 0.6 is 0 Å². The Morgan fingerprint density at radius 3 is 2.79 bits per heavy atom. The Balaban J connectivity index is 2.26. The molecule has 0 saturated carbocycles. The number of quaternary nitrogens is 1.